The highest BCUT2D eigenvalue weighted by atomic mass is 16.3. The summed E-state index contributed by atoms with van der Waals surface area (Å²) in [6, 6.07) is 3.67. The predicted molar refractivity (Wildman–Crippen MR) is 86.8 cm³/mol. The van der Waals surface area contributed by atoms with Gasteiger partial charge in [-0.25, -0.2) is 15.0 Å². The molecule has 0 fully saturated rings. The van der Waals surface area contributed by atoms with Crippen LogP contribution < -0.4 is 10.6 Å². The van der Waals surface area contributed by atoms with Gasteiger partial charge in [0.05, 0.1) is 0 Å². The minimum atomic E-state index is 0.108. The van der Waals surface area contributed by atoms with Crippen molar-refractivity contribution in [2.75, 3.05) is 36.9 Å². The van der Waals surface area contributed by atoms with Gasteiger partial charge in [-0.1, -0.05) is 13.8 Å². The lowest BCUT2D eigenvalue weighted by Crippen LogP contribution is -2.19. The Balaban J connectivity index is 2.24. The molecule has 0 aliphatic carbocycles. The van der Waals surface area contributed by atoms with E-state index in [1.807, 2.05) is 26.0 Å². The van der Waals surface area contributed by atoms with Crippen LogP contribution in [-0.4, -0.2) is 51.5 Å². The molecule has 120 valence electrons. The van der Waals surface area contributed by atoms with Crippen molar-refractivity contribution >= 4 is 22.8 Å². The molecule has 2 atom stereocenters. The first-order valence-corrected chi connectivity index (χ1v) is 7.46. The van der Waals surface area contributed by atoms with Gasteiger partial charge in [-0.3, -0.25) is 0 Å². The Morgan fingerprint density at radius 2 is 1.59 bits per heavy atom. The van der Waals surface area contributed by atoms with Crippen molar-refractivity contribution in [3.63, 3.8) is 0 Å². The van der Waals surface area contributed by atoms with Gasteiger partial charge in [-0.05, 0) is 24.0 Å². The second-order valence-electron chi connectivity index (χ2n) is 5.60. The minimum absolute atomic E-state index is 0.108. The van der Waals surface area contributed by atoms with Gasteiger partial charge in [0.25, 0.3) is 0 Å². The number of anilines is 2. The average Bonchev–Trinajstić information content (AvgIpc) is 2.56. The molecular formula is C15H23N5O2. The second kappa shape index (κ2) is 7.86. The molecule has 22 heavy (non-hydrogen) atoms. The van der Waals surface area contributed by atoms with Gasteiger partial charge >= 0.3 is 0 Å². The van der Waals surface area contributed by atoms with E-state index in [9.17, 15) is 0 Å². The van der Waals surface area contributed by atoms with Gasteiger partial charge in [0.1, 0.15) is 5.52 Å². The van der Waals surface area contributed by atoms with E-state index in [1.165, 1.54) is 0 Å². The van der Waals surface area contributed by atoms with Crippen LogP contribution in [0.1, 0.15) is 13.8 Å². The Morgan fingerprint density at radius 3 is 2.18 bits per heavy atom. The number of fused-ring (bicyclic) bond motifs is 1. The number of pyridine rings is 1. The monoisotopic (exact) mass is 305 g/mol. The molecule has 0 saturated carbocycles. The molecule has 0 bridgehead atoms. The van der Waals surface area contributed by atoms with Crippen LogP contribution in [-0.2, 0) is 0 Å². The van der Waals surface area contributed by atoms with E-state index in [-0.39, 0.29) is 25.0 Å². The highest BCUT2D eigenvalue weighted by molar-refractivity contribution is 5.76. The zero-order valence-electron chi connectivity index (χ0n) is 13.0. The molecule has 0 aliphatic heterocycles. The summed E-state index contributed by atoms with van der Waals surface area (Å²) in [4.78, 5) is 13.2. The third kappa shape index (κ3) is 4.25. The Labute approximate surface area is 129 Å². The largest absolute Gasteiger partial charge is 0.396 e. The molecule has 2 aromatic heterocycles. The van der Waals surface area contributed by atoms with Crippen LogP contribution in [0, 0.1) is 11.8 Å². The van der Waals surface area contributed by atoms with E-state index in [2.05, 4.69) is 25.6 Å². The number of aliphatic hydroxyl groups excluding tert-OH is 2. The summed E-state index contributed by atoms with van der Waals surface area (Å²) in [6.07, 6.45) is 1.68. The number of aromatic nitrogens is 3. The number of nitrogens with zero attached hydrogens (tertiary/aromatic N) is 3. The number of hydrogen-bond acceptors (Lipinski definition) is 7. The number of aliphatic hydroxyl groups is 2. The molecule has 7 nitrogen and oxygen atoms in total. The standard InChI is InChI=1S/C15H23N5O2/c1-10(8-21)6-17-14-15(18-7-11(2)9-22)20-13-12(19-14)4-3-5-16-13/h3-5,10-11,21-22H,6-9H2,1-2H3,(H,17,19)(H,16,18,20). The van der Waals surface area contributed by atoms with E-state index in [4.69, 9.17) is 10.2 Å². The highest BCUT2D eigenvalue weighted by Crippen LogP contribution is 2.20. The maximum Gasteiger partial charge on any atom is 0.180 e. The van der Waals surface area contributed by atoms with Crippen molar-refractivity contribution in [2.45, 2.75) is 13.8 Å². The van der Waals surface area contributed by atoms with Crippen LogP contribution in [0.3, 0.4) is 0 Å². The summed E-state index contributed by atoms with van der Waals surface area (Å²) in [7, 11) is 0. The first kappa shape index (κ1) is 16.4. The number of nitrogens with one attached hydrogen (secondary N) is 2. The molecule has 0 spiro atoms. The van der Waals surface area contributed by atoms with Gasteiger partial charge in [0.15, 0.2) is 17.3 Å². The van der Waals surface area contributed by atoms with Crippen molar-refractivity contribution in [2.24, 2.45) is 11.8 Å². The molecule has 0 amide bonds. The third-order valence-corrected chi connectivity index (χ3v) is 3.30. The molecule has 0 saturated heterocycles. The van der Waals surface area contributed by atoms with Crippen molar-refractivity contribution in [3.8, 4) is 0 Å². The van der Waals surface area contributed by atoms with Crippen LogP contribution in [0.25, 0.3) is 11.2 Å². The van der Waals surface area contributed by atoms with Crippen molar-refractivity contribution in [3.05, 3.63) is 18.3 Å². The zero-order chi connectivity index (χ0) is 15.9. The topological polar surface area (TPSA) is 103 Å². The zero-order valence-corrected chi connectivity index (χ0v) is 13.0. The molecule has 0 radical (unpaired) electrons. The summed E-state index contributed by atoms with van der Waals surface area (Å²) < 4.78 is 0. The SMILES string of the molecule is CC(CO)CNc1nc2cccnc2nc1NCC(C)CO. The summed E-state index contributed by atoms with van der Waals surface area (Å²) in [5, 5.41) is 24.7. The lowest BCUT2D eigenvalue weighted by atomic mass is 10.2. The number of rotatable bonds is 8. The van der Waals surface area contributed by atoms with Gasteiger partial charge in [0, 0.05) is 32.5 Å². The van der Waals surface area contributed by atoms with E-state index >= 15 is 0 Å². The van der Waals surface area contributed by atoms with Gasteiger partial charge in [0.2, 0.25) is 0 Å². The van der Waals surface area contributed by atoms with Crippen LogP contribution in [0.4, 0.5) is 11.6 Å². The molecular weight excluding hydrogens is 282 g/mol. The molecule has 2 unspecified atom stereocenters. The summed E-state index contributed by atoms with van der Waals surface area (Å²) in [6.45, 7) is 5.30. The molecule has 2 heterocycles. The third-order valence-electron chi connectivity index (χ3n) is 3.30. The van der Waals surface area contributed by atoms with Gasteiger partial charge in [-0.2, -0.15) is 0 Å². The lowest BCUT2D eigenvalue weighted by molar-refractivity contribution is 0.243. The average molecular weight is 305 g/mol. The van der Waals surface area contributed by atoms with Crippen LogP contribution in [0.15, 0.2) is 18.3 Å². The predicted octanol–water partition coefficient (Wildman–Crippen LogP) is 1.11. The summed E-state index contributed by atoms with van der Waals surface area (Å²) in [5.41, 5.74) is 1.28. The Morgan fingerprint density at radius 1 is 1.00 bits per heavy atom. The first-order valence-electron chi connectivity index (χ1n) is 7.46. The maximum absolute atomic E-state index is 9.13. The fourth-order valence-corrected chi connectivity index (χ4v) is 1.81. The molecule has 4 N–H and O–H groups in total. The number of hydrogen-bond donors (Lipinski definition) is 4. The molecule has 0 aliphatic rings. The quantitative estimate of drug-likeness (QED) is 0.579. The molecule has 0 aromatic carbocycles. The van der Waals surface area contributed by atoms with Gasteiger partial charge < -0.3 is 20.8 Å². The summed E-state index contributed by atoms with van der Waals surface area (Å²) >= 11 is 0. The van der Waals surface area contributed by atoms with E-state index in [1.54, 1.807) is 6.20 Å². The highest BCUT2D eigenvalue weighted by Gasteiger charge is 2.11. The van der Waals surface area contributed by atoms with Crippen LogP contribution in [0.2, 0.25) is 0 Å². The summed E-state index contributed by atoms with van der Waals surface area (Å²) in [5.74, 6) is 1.48. The van der Waals surface area contributed by atoms with Crippen molar-refractivity contribution in [1.29, 1.82) is 0 Å². The molecule has 2 rings (SSSR count). The Kier molecular flexibility index (Phi) is 5.85. The van der Waals surface area contributed by atoms with Gasteiger partial charge in [-0.15, -0.1) is 0 Å². The first-order chi connectivity index (χ1) is 10.6. The smallest absolute Gasteiger partial charge is 0.180 e. The van der Waals surface area contributed by atoms with E-state index in [0.29, 0.717) is 35.9 Å². The van der Waals surface area contributed by atoms with Crippen molar-refractivity contribution < 1.29 is 10.2 Å². The van der Waals surface area contributed by atoms with E-state index < -0.39 is 0 Å². The lowest BCUT2D eigenvalue weighted by Gasteiger charge is -2.16. The van der Waals surface area contributed by atoms with Crippen LogP contribution >= 0.6 is 0 Å². The van der Waals surface area contributed by atoms with Crippen molar-refractivity contribution in [1.82, 2.24) is 15.0 Å². The Hall–Kier alpha value is -1.99. The van der Waals surface area contributed by atoms with E-state index in [0.717, 1.165) is 0 Å². The molecule has 2 aromatic rings. The Bertz CT molecular complexity index is 555. The maximum atomic E-state index is 9.13. The fraction of sp³-hybridized carbons (Fsp3) is 0.533. The second-order valence-corrected chi connectivity index (χ2v) is 5.60. The van der Waals surface area contributed by atoms with Crippen LogP contribution in [0.5, 0.6) is 0 Å². The normalized spacial score (nSPS) is 13.8. The fourth-order valence-electron chi connectivity index (χ4n) is 1.81. The minimum Gasteiger partial charge on any atom is -0.396 e. The molecule has 7 heteroatoms.